The first-order chi connectivity index (χ1) is 9.42. The zero-order valence-electron chi connectivity index (χ0n) is 10.5. The molecule has 94 valence electrons. The lowest BCUT2D eigenvalue weighted by molar-refractivity contribution is 0.435. The molecular formula is C15H14N4. The second-order valence-corrected chi connectivity index (χ2v) is 4.92. The van der Waals surface area contributed by atoms with Crippen molar-refractivity contribution in [3.05, 3.63) is 54.7 Å². The Hall–Kier alpha value is -2.20. The zero-order valence-corrected chi connectivity index (χ0v) is 10.5. The van der Waals surface area contributed by atoms with Gasteiger partial charge in [0.1, 0.15) is 0 Å². The second kappa shape index (κ2) is 4.17. The largest absolute Gasteiger partial charge is 0.315 e. The van der Waals surface area contributed by atoms with Gasteiger partial charge in [-0.3, -0.25) is 4.98 Å². The Morgan fingerprint density at radius 2 is 2.16 bits per heavy atom. The van der Waals surface area contributed by atoms with E-state index in [2.05, 4.69) is 44.1 Å². The lowest BCUT2D eigenvalue weighted by atomic mass is 9.99. The summed E-state index contributed by atoms with van der Waals surface area (Å²) >= 11 is 0. The normalized spacial score (nSPS) is 15.6. The monoisotopic (exact) mass is 250 g/mol. The predicted octanol–water partition coefficient (Wildman–Crippen LogP) is 2.11. The van der Waals surface area contributed by atoms with Gasteiger partial charge in [0.25, 0.3) is 0 Å². The minimum atomic E-state index is 0.576. The van der Waals surface area contributed by atoms with Gasteiger partial charge in [-0.1, -0.05) is 6.07 Å². The number of aromatic nitrogens is 3. The van der Waals surface area contributed by atoms with Gasteiger partial charge in [0.2, 0.25) is 0 Å². The Morgan fingerprint density at radius 1 is 1.21 bits per heavy atom. The first-order valence-electron chi connectivity index (χ1n) is 6.50. The van der Waals surface area contributed by atoms with E-state index in [0.717, 1.165) is 29.7 Å². The summed E-state index contributed by atoms with van der Waals surface area (Å²) in [7, 11) is 0. The predicted molar refractivity (Wildman–Crippen MR) is 74.5 cm³/mol. The number of hydrogen-bond donors (Lipinski definition) is 1. The lowest BCUT2D eigenvalue weighted by Gasteiger charge is -2.27. The van der Waals surface area contributed by atoms with Crippen LogP contribution < -0.4 is 5.32 Å². The van der Waals surface area contributed by atoms with Crippen molar-refractivity contribution in [3.8, 4) is 5.69 Å². The molecule has 0 aliphatic carbocycles. The zero-order chi connectivity index (χ0) is 12.7. The highest BCUT2D eigenvalue weighted by Gasteiger charge is 2.22. The average Bonchev–Trinajstić information content (AvgIpc) is 2.85. The van der Waals surface area contributed by atoms with Gasteiger partial charge in [-0.2, -0.15) is 0 Å². The molecule has 3 aromatic rings. The van der Waals surface area contributed by atoms with Crippen LogP contribution in [0.1, 0.15) is 11.6 Å². The number of rotatable bonds is 2. The molecule has 3 heterocycles. The molecule has 1 aliphatic rings. The van der Waals surface area contributed by atoms with Crippen molar-refractivity contribution in [2.45, 2.75) is 5.92 Å². The topological polar surface area (TPSA) is 42.7 Å². The highest BCUT2D eigenvalue weighted by atomic mass is 15.1. The maximum absolute atomic E-state index is 4.35. The summed E-state index contributed by atoms with van der Waals surface area (Å²) in [4.78, 5) is 8.65. The molecule has 4 heteroatoms. The van der Waals surface area contributed by atoms with Crippen LogP contribution in [0.15, 0.2) is 49.1 Å². The number of hydrogen-bond acceptors (Lipinski definition) is 3. The number of fused-ring (bicyclic) bond motifs is 1. The van der Waals surface area contributed by atoms with Gasteiger partial charge in [0.15, 0.2) is 0 Å². The third-order valence-corrected chi connectivity index (χ3v) is 3.73. The Kier molecular flexibility index (Phi) is 2.35. The molecule has 2 aromatic heterocycles. The van der Waals surface area contributed by atoms with Crippen LogP contribution >= 0.6 is 0 Å². The summed E-state index contributed by atoms with van der Waals surface area (Å²) in [6.07, 6.45) is 5.69. The Labute approximate surface area is 111 Å². The smallest absolute Gasteiger partial charge is 0.0994 e. The van der Waals surface area contributed by atoms with Gasteiger partial charge < -0.3 is 9.88 Å². The molecule has 0 spiro atoms. The maximum atomic E-state index is 4.35. The minimum absolute atomic E-state index is 0.576. The summed E-state index contributed by atoms with van der Waals surface area (Å²) in [6.45, 7) is 2.08. The summed E-state index contributed by atoms with van der Waals surface area (Å²) < 4.78 is 2.18. The summed E-state index contributed by atoms with van der Waals surface area (Å²) in [6, 6.07) is 10.4. The molecule has 0 amide bonds. The van der Waals surface area contributed by atoms with E-state index in [0.29, 0.717) is 5.92 Å². The Bertz CT molecular complexity index is 728. The lowest BCUT2D eigenvalue weighted by Crippen LogP contribution is -2.40. The van der Waals surface area contributed by atoms with Gasteiger partial charge >= 0.3 is 0 Å². The summed E-state index contributed by atoms with van der Waals surface area (Å²) in [5.74, 6) is 0.576. The molecule has 0 unspecified atom stereocenters. The third kappa shape index (κ3) is 1.72. The van der Waals surface area contributed by atoms with Crippen LogP contribution in [0.3, 0.4) is 0 Å². The Balaban J connectivity index is 1.83. The summed E-state index contributed by atoms with van der Waals surface area (Å²) in [5.41, 5.74) is 3.46. The molecule has 4 rings (SSSR count). The van der Waals surface area contributed by atoms with Crippen LogP contribution in [0.25, 0.3) is 16.6 Å². The number of imidazole rings is 1. The first-order valence-corrected chi connectivity index (χ1v) is 6.50. The van der Waals surface area contributed by atoms with E-state index in [-0.39, 0.29) is 0 Å². The molecule has 1 aliphatic heterocycles. The molecule has 1 N–H and O–H groups in total. The fraction of sp³-hybridized carbons (Fsp3) is 0.200. The molecule has 1 saturated heterocycles. The number of nitrogens with one attached hydrogen (secondary N) is 1. The van der Waals surface area contributed by atoms with E-state index in [1.54, 1.807) is 0 Å². The van der Waals surface area contributed by atoms with E-state index in [1.807, 2.05) is 24.8 Å². The van der Waals surface area contributed by atoms with Crippen molar-refractivity contribution in [3.63, 3.8) is 0 Å². The standard InChI is InChI=1S/C15H14N4/c1-2-11-6-13(3-4-14(11)18-5-1)19-10-17-9-15(19)12-7-16-8-12/h1-6,9-10,12,16H,7-8H2. The van der Waals surface area contributed by atoms with Crippen molar-refractivity contribution in [1.82, 2.24) is 19.9 Å². The highest BCUT2D eigenvalue weighted by Crippen LogP contribution is 2.24. The minimum Gasteiger partial charge on any atom is -0.315 e. The fourth-order valence-electron chi connectivity index (χ4n) is 2.53. The van der Waals surface area contributed by atoms with Gasteiger partial charge in [-0.15, -0.1) is 0 Å². The number of nitrogens with zero attached hydrogens (tertiary/aromatic N) is 3. The SMILES string of the molecule is c1cnc2ccc(-n3cncc3C3CNC3)cc2c1. The van der Waals surface area contributed by atoms with Crippen LogP contribution in [0.4, 0.5) is 0 Å². The van der Waals surface area contributed by atoms with Gasteiger partial charge in [-0.05, 0) is 24.3 Å². The molecule has 1 fully saturated rings. The van der Waals surface area contributed by atoms with Gasteiger partial charge in [-0.25, -0.2) is 4.98 Å². The Morgan fingerprint density at radius 3 is 3.00 bits per heavy atom. The van der Waals surface area contributed by atoms with Gasteiger partial charge in [0.05, 0.1) is 11.8 Å². The van der Waals surface area contributed by atoms with E-state index in [4.69, 9.17) is 0 Å². The number of benzene rings is 1. The molecule has 4 nitrogen and oxygen atoms in total. The highest BCUT2D eigenvalue weighted by molar-refractivity contribution is 5.80. The molecule has 0 saturated carbocycles. The molecule has 0 atom stereocenters. The molecule has 19 heavy (non-hydrogen) atoms. The van der Waals surface area contributed by atoms with Crippen LogP contribution in [-0.2, 0) is 0 Å². The fourth-order valence-corrected chi connectivity index (χ4v) is 2.53. The van der Waals surface area contributed by atoms with Crippen molar-refractivity contribution < 1.29 is 0 Å². The van der Waals surface area contributed by atoms with Crippen molar-refractivity contribution in [2.75, 3.05) is 13.1 Å². The molecule has 1 aromatic carbocycles. The van der Waals surface area contributed by atoms with E-state index < -0.39 is 0 Å². The van der Waals surface area contributed by atoms with E-state index in [9.17, 15) is 0 Å². The van der Waals surface area contributed by atoms with Crippen molar-refractivity contribution in [2.24, 2.45) is 0 Å². The van der Waals surface area contributed by atoms with Crippen molar-refractivity contribution in [1.29, 1.82) is 0 Å². The summed E-state index contributed by atoms with van der Waals surface area (Å²) in [5, 5.41) is 4.47. The van der Waals surface area contributed by atoms with Crippen LogP contribution in [0.5, 0.6) is 0 Å². The first kappa shape index (κ1) is 10.7. The second-order valence-electron chi connectivity index (χ2n) is 4.92. The van der Waals surface area contributed by atoms with E-state index in [1.165, 1.54) is 5.69 Å². The number of pyridine rings is 1. The molecule has 0 bridgehead atoms. The quantitative estimate of drug-likeness (QED) is 0.757. The van der Waals surface area contributed by atoms with Crippen LogP contribution in [-0.4, -0.2) is 27.6 Å². The van der Waals surface area contributed by atoms with Crippen molar-refractivity contribution >= 4 is 10.9 Å². The van der Waals surface area contributed by atoms with Crippen LogP contribution in [0, 0.1) is 0 Å². The average molecular weight is 250 g/mol. The maximum Gasteiger partial charge on any atom is 0.0994 e. The third-order valence-electron chi connectivity index (χ3n) is 3.73. The van der Waals surface area contributed by atoms with E-state index >= 15 is 0 Å². The molecular weight excluding hydrogens is 236 g/mol. The van der Waals surface area contributed by atoms with Crippen LogP contribution in [0.2, 0.25) is 0 Å². The van der Waals surface area contributed by atoms with Gasteiger partial charge in [0, 0.05) is 48.2 Å². The molecule has 0 radical (unpaired) electrons.